The van der Waals surface area contributed by atoms with Gasteiger partial charge in [0.15, 0.2) is 0 Å². The summed E-state index contributed by atoms with van der Waals surface area (Å²) in [6.07, 6.45) is 1.48. The zero-order chi connectivity index (χ0) is 14.9. The molecule has 1 aromatic carbocycles. The Labute approximate surface area is 127 Å². The summed E-state index contributed by atoms with van der Waals surface area (Å²) in [5.74, 6) is -0.667. The van der Waals surface area contributed by atoms with Gasteiger partial charge in [0.05, 0.1) is 10.0 Å². The summed E-state index contributed by atoms with van der Waals surface area (Å²) in [5.41, 5.74) is 5.95. The average Bonchev–Trinajstić information content (AvgIpc) is 2.42. The van der Waals surface area contributed by atoms with Crippen LogP contribution in [-0.2, 0) is 0 Å². The van der Waals surface area contributed by atoms with Crippen LogP contribution in [0, 0.1) is 11.2 Å². The molecule has 1 heterocycles. The number of carbonyl (C=O) groups excluding carboxylic acids is 1. The molecule has 3 nitrogen and oxygen atoms in total. The monoisotopic (exact) mass is 314 g/mol. The first-order chi connectivity index (χ1) is 9.33. The molecule has 0 aliphatic carbocycles. The van der Waals surface area contributed by atoms with E-state index in [4.69, 9.17) is 29.6 Å². The van der Waals surface area contributed by atoms with Crippen molar-refractivity contribution in [3.05, 3.63) is 34.6 Å². The Morgan fingerprint density at radius 1 is 1.45 bits per heavy atom. The standard InChI is InChI=1S/C14H16ClFN2OS/c1-14(13(17)20)4-6-18(7-5-14)12(19)9-2-3-11(16)10(15)8-9/h2-3,8H,4-7H2,1H3,(H2,17,20). The first-order valence-electron chi connectivity index (χ1n) is 6.38. The number of thiocarbonyl (C=S) groups is 1. The third kappa shape index (κ3) is 2.94. The Kier molecular flexibility index (Phi) is 4.30. The fraction of sp³-hybridized carbons (Fsp3) is 0.429. The maximum atomic E-state index is 13.1. The van der Waals surface area contributed by atoms with Crippen molar-refractivity contribution >= 4 is 34.7 Å². The van der Waals surface area contributed by atoms with Crippen LogP contribution in [-0.4, -0.2) is 28.9 Å². The fourth-order valence-corrected chi connectivity index (χ4v) is 2.65. The van der Waals surface area contributed by atoms with E-state index in [2.05, 4.69) is 0 Å². The van der Waals surface area contributed by atoms with Crippen molar-refractivity contribution in [1.29, 1.82) is 0 Å². The highest BCUT2D eigenvalue weighted by molar-refractivity contribution is 7.80. The number of amides is 1. The number of hydrogen-bond acceptors (Lipinski definition) is 2. The fourth-order valence-electron chi connectivity index (χ4n) is 2.26. The third-order valence-electron chi connectivity index (χ3n) is 3.92. The predicted octanol–water partition coefficient (Wildman–Crippen LogP) is 3.01. The van der Waals surface area contributed by atoms with Crippen molar-refractivity contribution in [1.82, 2.24) is 4.90 Å². The van der Waals surface area contributed by atoms with Gasteiger partial charge in [0.2, 0.25) is 0 Å². The molecule has 2 rings (SSSR count). The van der Waals surface area contributed by atoms with Crippen LogP contribution in [0.5, 0.6) is 0 Å². The molecule has 6 heteroatoms. The van der Waals surface area contributed by atoms with Crippen molar-refractivity contribution in [2.24, 2.45) is 11.1 Å². The first-order valence-corrected chi connectivity index (χ1v) is 7.16. The second-order valence-corrected chi connectivity index (χ2v) is 6.19. The lowest BCUT2D eigenvalue weighted by Gasteiger charge is -2.38. The van der Waals surface area contributed by atoms with Gasteiger partial charge in [-0.25, -0.2) is 4.39 Å². The molecule has 0 unspecified atom stereocenters. The zero-order valence-electron chi connectivity index (χ0n) is 11.2. The highest BCUT2D eigenvalue weighted by Crippen LogP contribution is 2.31. The van der Waals surface area contributed by atoms with Gasteiger partial charge in [-0.3, -0.25) is 4.79 Å². The predicted molar refractivity (Wildman–Crippen MR) is 81.4 cm³/mol. The Balaban J connectivity index is 2.08. The number of piperidine rings is 1. The van der Waals surface area contributed by atoms with Crippen molar-refractivity contribution in [3.8, 4) is 0 Å². The normalized spacial score (nSPS) is 17.9. The number of carbonyl (C=O) groups is 1. The Hall–Kier alpha value is -1.20. The van der Waals surface area contributed by atoms with E-state index in [0.29, 0.717) is 23.6 Å². The smallest absolute Gasteiger partial charge is 0.253 e. The molecule has 20 heavy (non-hydrogen) atoms. The van der Waals surface area contributed by atoms with E-state index in [-0.39, 0.29) is 16.3 Å². The van der Waals surface area contributed by atoms with E-state index in [1.165, 1.54) is 18.2 Å². The third-order valence-corrected chi connectivity index (χ3v) is 4.70. The lowest BCUT2D eigenvalue weighted by atomic mass is 9.80. The van der Waals surface area contributed by atoms with E-state index in [0.717, 1.165) is 12.8 Å². The van der Waals surface area contributed by atoms with Gasteiger partial charge in [-0.15, -0.1) is 0 Å². The first kappa shape index (κ1) is 15.2. The number of hydrogen-bond donors (Lipinski definition) is 1. The van der Waals surface area contributed by atoms with Crippen molar-refractivity contribution in [3.63, 3.8) is 0 Å². The SMILES string of the molecule is CC1(C(N)=S)CCN(C(=O)c2ccc(F)c(Cl)c2)CC1. The van der Waals surface area contributed by atoms with Crippen LogP contribution >= 0.6 is 23.8 Å². The van der Waals surface area contributed by atoms with Gasteiger partial charge in [-0.1, -0.05) is 30.7 Å². The molecule has 1 aromatic rings. The van der Waals surface area contributed by atoms with Gasteiger partial charge in [0.1, 0.15) is 5.82 Å². The van der Waals surface area contributed by atoms with Crippen LogP contribution in [0.2, 0.25) is 5.02 Å². The molecule has 0 aromatic heterocycles. The second-order valence-electron chi connectivity index (χ2n) is 5.35. The minimum absolute atomic E-state index is 0.0409. The van der Waals surface area contributed by atoms with Crippen LogP contribution in [0.4, 0.5) is 4.39 Å². The lowest BCUT2D eigenvalue weighted by Crippen LogP contribution is -2.46. The Bertz CT molecular complexity index is 556. The molecule has 0 atom stereocenters. The molecule has 0 saturated carbocycles. The highest BCUT2D eigenvalue weighted by atomic mass is 35.5. The van der Waals surface area contributed by atoms with E-state index >= 15 is 0 Å². The number of likely N-dealkylation sites (tertiary alicyclic amines) is 1. The molecule has 108 valence electrons. The van der Waals surface area contributed by atoms with E-state index in [1.54, 1.807) is 4.90 Å². The molecule has 1 fully saturated rings. The van der Waals surface area contributed by atoms with Crippen molar-refractivity contribution < 1.29 is 9.18 Å². The molecular weight excluding hydrogens is 299 g/mol. The van der Waals surface area contributed by atoms with Gasteiger partial charge in [0, 0.05) is 24.1 Å². The van der Waals surface area contributed by atoms with Crippen molar-refractivity contribution in [2.75, 3.05) is 13.1 Å². The van der Waals surface area contributed by atoms with E-state index in [9.17, 15) is 9.18 Å². The van der Waals surface area contributed by atoms with E-state index in [1.807, 2.05) is 6.92 Å². The van der Waals surface area contributed by atoms with Gasteiger partial charge in [0.25, 0.3) is 5.91 Å². The maximum absolute atomic E-state index is 13.1. The topological polar surface area (TPSA) is 46.3 Å². The lowest BCUT2D eigenvalue weighted by molar-refractivity contribution is 0.0670. The van der Waals surface area contributed by atoms with Crippen LogP contribution in [0.3, 0.4) is 0 Å². The minimum atomic E-state index is -0.525. The zero-order valence-corrected chi connectivity index (χ0v) is 12.7. The average molecular weight is 315 g/mol. The molecule has 0 spiro atoms. The Morgan fingerprint density at radius 3 is 2.55 bits per heavy atom. The minimum Gasteiger partial charge on any atom is -0.393 e. The molecule has 0 radical (unpaired) electrons. The summed E-state index contributed by atoms with van der Waals surface area (Å²) < 4.78 is 13.1. The maximum Gasteiger partial charge on any atom is 0.253 e. The summed E-state index contributed by atoms with van der Waals surface area (Å²) in [6.45, 7) is 3.19. The van der Waals surface area contributed by atoms with Crippen LogP contribution in [0.15, 0.2) is 18.2 Å². The van der Waals surface area contributed by atoms with Gasteiger partial charge in [-0.05, 0) is 31.0 Å². The quantitative estimate of drug-likeness (QED) is 0.854. The Morgan fingerprint density at radius 2 is 2.05 bits per heavy atom. The number of benzene rings is 1. The van der Waals surface area contributed by atoms with Crippen LogP contribution in [0.1, 0.15) is 30.1 Å². The van der Waals surface area contributed by atoms with Gasteiger partial charge in [-0.2, -0.15) is 0 Å². The number of rotatable bonds is 2. The molecular formula is C14H16ClFN2OS. The van der Waals surface area contributed by atoms with Gasteiger partial charge >= 0.3 is 0 Å². The van der Waals surface area contributed by atoms with Gasteiger partial charge < -0.3 is 10.6 Å². The summed E-state index contributed by atoms with van der Waals surface area (Å²) >= 11 is 10.8. The number of nitrogens with two attached hydrogens (primary N) is 1. The number of nitrogens with zero attached hydrogens (tertiary/aromatic N) is 1. The molecule has 0 bridgehead atoms. The summed E-state index contributed by atoms with van der Waals surface area (Å²) in [4.78, 5) is 14.5. The summed E-state index contributed by atoms with van der Waals surface area (Å²) in [6, 6.07) is 4.02. The molecule has 1 saturated heterocycles. The summed E-state index contributed by atoms with van der Waals surface area (Å²) in [7, 11) is 0. The molecule has 1 amide bonds. The van der Waals surface area contributed by atoms with Crippen LogP contribution < -0.4 is 5.73 Å². The molecule has 1 aliphatic rings. The molecule has 2 N–H and O–H groups in total. The van der Waals surface area contributed by atoms with Crippen molar-refractivity contribution in [2.45, 2.75) is 19.8 Å². The largest absolute Gasteiger partial charge is 0.393 e. The number of halogens is 2. The van der Waals surface area contributed by atoms with Crippen LogP contribution in [0.25, 0.3) is 0 Å². The van der Waals surface area contributed by atoms with E-state index < -0.39 is 5.82 Å². The second kappa shape index (κ2) is 5.66. The highest BCUT2D eigenvalue weighted by Gasteiger charge is 2.34. The molecule has 1 aliphatic heterocycles. The summed E-state index contributed by atoms with van der Waals surface area (Å²) in [5, 5.41) is -0.0409.